The van der Waals surface area contributed by atoms with Gasteiger partial charge in [0.1, 0.15) is 6.17 Å². The molecule has 2 aromatic carbocycles. The SMILES string of the molecule is C=C(CCCC1(CCC)CC(CCC)CC(c2ccccc2)S1)c1ccccc1C(C)F. The van der Waals surface area contributed by atoms with Crippen LogP contribution in [0.15, 0.2) is 61.2 Å². The molecule has 1 aliphatic rings. The maximum Gasteiger partial charge on any atom is 0.123 e. The zero-order valence-corrected chi connectivity index (χ0v) is 21.1. The summed E-state index contributed by atoms with van der Waals surface area (Å²) in [6, 6.07) is 19.0. The zero-order valence-electron chi connectivity index (χ0n) is 20.3. The highest BCUT2D eigenvalue weighted by molar-refractivity contribution is 8.00. The number of halogens is 1. The van der Waals surface area contributed by atoms with Crippen LogP contribution in [0.3, 0.4) is 0 Å². The largest absolute Gasteiger partial charge is 0.243 e. The highest BCUT2D eigenvalue weighted by atomic mass is 32.2. The summed E-state index contributed by atoms with van der Waals surface area (Å²) in [5.74, 6) is 0.814. The van der Waals surface area contributed by atoms with Gasteiger partial charge in [-0.25, -0.2) is 4.39 Å². The number of alkyl halides is 1. The van der Waals surface area contributed by atoms with Gasteiger partial charge in [-0.2, -0.15) is 0 Å². The summed E-state index contributed by atoms with van der Waals surface area (Å²) in [5.41, 5.74) is 4.37. The molecular weight excluding hydrogens is 411 g/mol. The Labute approximate surface area is 200 Å². The minimum Gasteiger partial charge on any atom is -0.243 e. The first kappa shape index (κ1) is 25.1. The van der Waals surface area contributed by atoms with Gasteiger partial charge in [0.25, 0.3) is 0 Å². The first-order valence-electron chi connectivity index (χ1n) is 12.6. The molecule has 0 aliphatic carbocycles. The Kier molecular flexibility index (Phi) is 9.46. The van der Waals surface area contributed by atoms with Crippen LogP contribution < -0.4 is 0 Å². The first-order chi connectivity index (χ1) is 15.5. The molecule has 174 valence electrons. The molecule has 0 amide bonds. The van der Waals surface area contributed by atoms with Crippen molar-refractivity contribution < 1.29 is 4.39 Å². The van der Waals surface area contributed by atoms with Crippen molar-refractivity contribution in [3.63, 3.8) is 0 Å². The lowest BCUT2D eigenvalue weighted by atomic mass is 9.80. The molecule has 0 N–H and O–H groups in total. The number of rotatable bonds is 11. The van der Waals surface area contributed by atoms with E-state index in [1.165, 1.54) is 50.5 Å². The summed E-state index contributed by atoms with van der Waals surface area (Å²) in [5, 5.41) is 0.601. The highest BCUT2D eigenvalue weighted by Gasteiger charge is 2.40. The third kappa shape index (κ3) is 6.50. The minimum atomic E-state index is -0.954. The van der Waals surface area contributed by atoms with Gasteiger partial charge >= 0.3 is 0 Å². The predicted octanol–water partition coefficient (Wildman–Crippen LogP) is 10.1. The van der Waals surface area contributed by atoms with Gasteiger partial charge in [-0.05, 0) is 73.6 Å². The van der Waals surface area contributed by atoms with Crippen LogP contribution in [0, 0.1) is 5.92 Å². The smallest absolute Gasteiger partial charge is 0.123 e. The highest BCUT2D eigenvalue weighted by Crippen LogP contribution is 2.56. The van der Waals surface area contributed by atoms with E-state index in [-0.39, 0.29) is 0 Å². The van der Waals surface area contributed by atoms with Crippen LogP contribution in [-0.2, 0) is 0 Å². The monoisotopic (exact) mass is 452 g/mol. The van der Waals surface area contributed by atoms with Gasteiger partial charge in [0.2, 0.25) is 0 Å². The van der Waals surface area contributed by atoms with Crippen LogP contribution >= 0.6 is 11.8 Å². The fourth-order valence-corrected chi connectivity index (χ4v) is 7.82. The van der Waals surface area contributed by atoms with Gasteiger partial charge in [0.05, 0.1) is 0 Å². The van der Waals surface area contributed by atoms with Gasteiger partial charge in [-0.15, -0.1) is 11.8 Å². The summed E-state index contributed by atoms with van der Waals surface area (Å²) in [7, 11) is 0. The summed E-state index contributed by atoms with van der Waals surface area (Å²) < 4.78 is 14.5. The van der Waals surface area contributed by atoms with Crippen LogP contribution in [0.5, 0.6) is 0 Å². The van der Waals surface area contributed by atoms with Crippen LogP contribution in [0.2, 0.25) is 0 Å². The Hall–Kier alpha value is -1.54. The summed E-state index contributed by atoms with van der Waals surface area (Å²) in [6.07, 6.45) is 10.1. The van der Waals surface area contributed by atoms with E-state index in [4.69, 9.17) is 0 Å². The van der Waals surface area contributed by atoms with Crippen molar-refractivity contribution >= 4 is 17.3 Å². The quantitative estimate of drug-likeness (QED) is 0.327. The molecule has 0 bridgehead atoms. The molecule has 4 atom stereocenters. The fourth-order valence-electron chi connectivity index (χ4n) is 5.64. The molecule has 0 saturated carbocycles. The first-order valence-corrected chi connectivity index (χ1v) is 13.5. The molecule has 1 aliphatic heterocycles. The van der Waals surface area contributed by atoms with Gasteiger partial charge in [-0.1, -0.05) is 94.3 Å². The Balaban J connectivity index is 1.72. The third-order valence-electron chi connectivity index (χ3n) is 7.06. The lowest BCUT2D eigenvalue weighted by Gasteiger charge is -2.45. The van der Waals surface area contributed by atoms with E-state index >= 15 is 0 Å². The van der Waals surface area contributed by atoms with E-state index < -0.39 is 6.17 Å². The molecule has 2 heteroatoms. The molecule has 1 saturated heterocycles. The summed E-state index contributed by atoms with van der Waals surface area (Å²) in [6.45, 7) is 10.6. The van der Waals surface area contributed by atoms with E-state index in [1.54, 1.807) is 6.92 Å². The average Bonchev–Trinajstić information content (AvgIpc) is 2.80. The number of thioether (sulfide) groups is 1. The topological polar surface area (TPSA) is 0 Å². The molecule has 1 fully saturated rings. The van der Waals surface area contributed by atoms with Crippen LogP contribution in [0.4, 0.5) is 4.39 Å². The van der Waals surface area contributed by atoms with Crippen molar-refractivity contribution in [3.05, 3.63) is 77.9 Å². The molecular formula is C30H41FS. The van der Waals surface area contributed by atoms with Crippen molar-refractivity contribution in [1.82, 2.24) is 0 Å². The Bertz CT molecular complexity index is 843. The number of hydrogen-bond acceptors (Lipinski definition) is 1. The molecule has 0 nitrogen and oxygen atoms in total. The van der Waals surface area contributed by atoms with Crippen molar-refractivity contribution in [2.45, 2.75) is 94.7 Å². The molecule has 3 rings (SSSR count). The van der Waals surface area contributed by atoms with E-state index in [1.807, 2.05) is 24.3 Å². The lowest BCUT2D eigenvalue weighted by Crippen LogP contribution is -2.34. The van der Waals surface area contributed by atoms with Gasteiger partial charge < -0.3 is 0 Å². The van der Waals surface area contributed by atoms with E-state index in [0.29, 0.717) is 10.00 Å². The normalized spacial score (nSPS) is 24.2. The molecule has 0 aromatic heterocycles. The third-order valence-corrected chi connectivity index (χ3v) is 8.88. The van der Waals surface area contributed by atoms with Crippen molar-refractivity contribution in [2.24, 2.45) is 5.92 Å². The Morgan fingerprint density at radius 2 is 1.78 bits per heavy atom. The molecule has 4 unspecified atom stereocenters. The summed E-state index contributed by atoms with van der Waals surface area (Å²) in [4.78, 5) is 0. The van der Waals surface area contributed by atoms with Crippen molar-refractivity contribution in [1.29, 1.82) is 0 Å². The van der Waals surface area contributed by atoms with Crippen molar-refractivity contribution in [3.8, 4) is 0 Å². The van der Waals surface area contributed by atoms with Gasteiger partial charge in [-0.3, -0.25) is 0 Å². The summed E-state index contributed by atoms with van der Waals surface area (Å²) >= 11 is 2.25. The van der Waals surface area contributed by atoms with Gasteiger partial charge in [0, 0.05) is 10.00 Å². The second-order valence-electron chi connectivity index (χ2n) is 9.71. The van der Waals surface area contributed by atoms with Crippen LogP contribution in [0.25, 0.3) is 5.57 Å². The minimum absolute atomic E-state index is 0.348. The molecule has 1 heterocycles. The molecule has 32 heavy (non-hydrogen) atoms. The number of hydrogen-bond donors (Lipinski definition) is 0. The average molecular weight is 453 g/mol. The second kappa shape index (κ2) is 12.1. The number of allylic oxidation sites excluding steroid dienone is 1. The Morgan fingerprint density at radius 1 is 1.06 bits per heavy atom. The predicted molar refractivity (Wildman–Crippen MR) is 141 cm³/mol. The lowest BCUT2D eigenvalue weighted by molar-refractivity contribution is 0.308. The van der Waals surface area contributed by atoms with E-state index in [9.17, 15) is 4.39 Å². The fraction of sp³-hybridized carbons (Fsp3) is 0.533. The standard InChI is InChI=1S/C30H41FS/c1-5-13-25-21-29(26-15-8-7-9-16-26)32-30(22-25,19-6-2)20-12-14-23(3)27-17-10-11-18-28(27)24(4)31/h7-11,15-18,24-25,29H,3,5-6,12-14,19-22H2,1-2,4H3. The van der Waals surface area contributed by atoms with Crippen LogP contribution in [-0.4, -0.2) is 4.75 Å². The van der Waals surface area contributed by atoms with E-state index in [2.05, 4.69) is 62.5 Å². The second-order valence-corrected chi connectivity index (χ2v) is 11.4. The van der Waals surface area contributed by atoms with Crippen LogP contribution in [0.1, 0.15) is 107 Å². The molecule has 0 spiro atoms. The Morgan fingerprint density at radius 3 is 2.47 bits per heavy atom. The molecule has 2 aromatic rings. The zero-order chi connectivity index (χ0) is 23.0. The maximum absolute atomic E-state index is 14.1. The van der Waals surface area contributed by atoms with E-state index in [0.717, 1.165) is 35.5 Å². The maximum atomic E-state index is 14.1. The molecule has 0 radical (unpaired) electrons. The number of benzene rings is 2. The van der Waals surface area contributed by atoms with Gasteiger partial charge in [0.15, 0.2) is 0 Å². The van der Waals surface area contributed by atoms with Crippen molar-refractivity contribution in [2.75, 3.05) is 0 Å².